The third kappa shape index (κ3) is 4.87. The van der Waals surface area contributed by atoms with E-state index in [9.17, 15) is 33.5 Å². The van der Waals surface area contributed by atoms with E-state index in [1.165, 1.54) is 24.3 Å². The number of carbonyl (C=O) groups is 1. The van der Waals surface area contributed by atoms with E-state index >= 15 is 0 Å². The summed E-state index contributed by atoms with van der Waals surface area (Å²) >= 11 is 0. The number of allylic oxidation sites excluding steroid dienone is 1. The van der Waals surface area contributed by atoms with Gasteiger partial charge in [0.2, 0.25) is 0 Å². The second-order valence-corrected chi connectivity index (χ2v) is 11.6. The summed E-state index contributed by atoms with van der Waals surface area (Å²) < 4.78 is 34.8. The molecule has 10 N–H and O–H groups in total. The molecule has 0 saturated heterocycles. The van der Waals surface area contributed by atoms with Crippen LogP contribution in [0.2, 0.25) is 0 Å². The summed E-state index contributed by atoms with van der Waals surface area (Å²) in [4.78, 5) is 50.0. The minimum atomic E-state index is -4.66. The summed E-state index contributed by atoms with van der Waals surface area (Å²) in [5, 5.41) is 4.87. The van der Waals surface area contributed by atoms with Crippen molar-refractivity contribution >= 4 is 26.8 Å². The van der Waals surface area contributed by atoms with Gasteiger partial charge in [0, 0.05) is 34.7 Å². The topological polar surface area (TPSA) is 227 Å². The number of anilines is 1. The van der Waals surface area contributed by atoms with E-state index < -0.39 is 38.6 Å². The smallest absolute Gasteiger partial charge is 0.362 e. The van der Waals surface area contributed by atoms with Gasteiger partial charge in [-0.2, -0.15) is 0 Å². The zero-order chi connectivity index (χ0) is 27.2. The van der Waals surface area contributed by atoms with E-state index in [1.807, 2.05) is 0 Å². The number of nitrogens with two attached hydrogens (primary N) is 2. The Morgan fingerprint density at radius 3 is 2.32 bits per heavy atom. The van der Waals surface area contributed by atoms with Crippen molar-refractivity contribution in [3.8, 4) is 5.75 Å². The molecule has 0 amide bonds. The van der Waals surface area contributed by atoms with Crippen molar-refractivity contribution in [1.82, 2.24) is 5.32 Å². The first-order chi connectivity index (χ1) is 17.3. The lowest BCUT2D eigenvalue weighted by Crippen LogP contribution is -2.35. The Hall–Kier alpha value is -3.25. The molecule has 15 heteroatoms. The molecule has 0 fully saturated rings. The Morgan fingerprint density at radius 2 is 1.68 bits per heavy atom. The zero-order valence-corrected chi connectivity index (χ0v) is 20.8. The number of ether oxygens (including phenoxy) is 2. The largest absolute Gasteiger partial charge is 0.456 e. The number of nitrogens with one attached hydrogen (secondary N) is 2. The van der Waals surface area contributed by atoms with Gasteiger partial charge in [-0.05, 0) is 24.3 Å². The first-order valence-electron chi connectivity index (χ1n) is 10.6. The molecule has 37 heavy (non-hydrogen) atoms. The van der Waals surface area contributed by atoms with Gasteiger partial charge in [0.05, 0.1) is 5.56 Å². The van der Waals surface area contributed by atoms with Gasteiger partial charge >= 0.3 is 21.2 Å². The second kappa shape index (κ2) is 9.56. The first-order valence-corrected chi connectivity index (χ1v) is 14.0. The molecule has 2 aromatic carbocycles. The molecule has 13 nitrogen and oxygen atoms in total. The standard InChI is InChI=1S/C22H24N4O9P2/c1-2-14-17(9-10-25-20(23)36(28,29)30)34-18-11-12(26-21(24)37(31,32)33)7-8-16(18)22(14)15-6-4-3-5-13(15)19(27)35-22/h2-11,20-21,25-26H,1,23-24H2,(H2,28,29,30)(H2,31,32,33)/b10-9+. The van der Waals surface area contributed by atoms with Gasteiger partial charge in [0.15, 0.2) is 17.4 Å². The molecule has 196 valence electrons. The zero-order valence-electron chi connectivity index (χ0n) is 19.0. The molecule has 4 rings (SSSR count). The van der Waals surface area contributed by atoms with Gasteiger partial charge in [-0.1, -0.05) is 30.9 Å². The number of carbonyl (C=O) groups excluding carboxylic acids is 1. The van der Waals surface area contributed by atoms with Crippen molar-refractivity contribution in [2.75, 3.05) is 5.32 Å². The molecule has 0 bridgehead atoms. The van der Waals surface area contributed by atoms with E-state index in [0.717, 1.165) is 6.20 Å². The first kappa shape index (κ1) is 26.8. The van der Waals surface area contributed by atoms with Gasteiger partial charge in [0.1, 0.15) is 11.5 Å². The van der Waals surface area contributed by atoms with Crippen molar-refractivity contribution in [3.05, 3.63) is 95.4 Å². The Bertz CT molecular complexity index is 1430. The third-order valence-electron chi connectivity index (χ3n) is 5.74. The maximum atomic E-state index is 12.9. The minimum Gasteiger partial charge on any atom is -0.456 e. The van der Waals surface area contributed by atoms with Gasteiger partial charge < -0.3 is 51.1 Å². The molecule has 3 unspecified atom stereocenters. The predicted octanol–water partition coefficient (Wildman–Crippen LogP) is 1.29. The highest BCUT2D eigenvalue weighted by atomic mass is 31.2. The molecular weight excluding hydrogens is 526 g/mol. The number of benzene rings is 2. The minimum absolute atomic E-state index is 0.0915. The van der Waals surface area contributed by atoms with Crippen LogP contribution in [-0.2, 0) is 19.5 Å². The van der Waals surface area contributed by atoms with Crippen LogP contribution in [0.4, 0.5) is 5.69 Å². The average Bonchev–Trinajstić information content (AvgIpc) is 3.10. The predicted molar refractivity (Wildman–Crippen MR) is 133 cm³/mol. The number of rotatable bonds is 8. The summed E-state index contributed by atoms with van der Waals surface area (Å²) in [7, 11) is -9.29. The van der Waals surface area contributed by atoms with E-state index in [2.05, 4.69) is 17.2 Å². The summed E-state index contributed by atoms with van der Waals surface area (Å²) in [6.07, 6.45) is 3.92. The number of esters is 1. The van der Waals surface area contributed by atoms with E-state index in [-0.39, 0.29) is 17.2 Å². The fourth-order valence-electron chi connectivity index (χ4n) is 4.04. The van der Waals surface area contributed by atoms with Crippen LogP contribution in [0, 0.1) is 0 Å². The SMILES string of the molecule is C=CC1=C(/C=C/NC(N)P(=O)(O)O)Oc2cc(NC(N)P(=O)(O)O)ccc2C12OC(=O)c1ccccc12. The number of fused-ring (bicyclic) bond motifs is 4. The van der Waals surface area contributed by atoms with Crippen LogP contribution in [-0.4, -0.2) is 37.4 Å². The quantitative estimate of drug-likeness (QED) is 0.132. The van der Waals surface area contributed by atoms with Crippen molar-refractivity contribution in [2.24, 2.45) is 11.5 Å². The second-order valence-electron chi connectivity index (χ2n) is 8.12. The van der Waals surface area contributed by atoms with Crippen molar-refractivity contribution < 1.29 is 43.0 Å². The Morgan fingerprint density at radius 1 is 1.00 bits per heavy atom. The maximum Gasteiger partial charge on any atom is 0.362 e. The highest BCUT2D eigenvalue weighted by molar-refractivity contribution is 7.52. The van der Waals surface area contributed by atoms with Crippen LogP contribution in [0.3, 0.4) is 0 Å². The lowest BCUT2D eigenvalue weighted by molar-refractivity contribution is 0.0217. The van der Waals surface area contributed by atoms with Crippen LogP contribution in [0.25, 0.3) is 0 Å². The molecule has 2 heterocycles. The fourth-order valence-corrected chi connectivity index (χ4v) is 4.64. The summed E-state index contributed by atoms with van der Waals surface area (Å²) in [6.45, 7) is 3.84. The molecule has 1 spiro atoms. The third-order valence-corrected chi connectivity index (χ3v) is 7.47. The molecule has 0 saturated carbocycles. The summed E-state index contributed by atoms with van der Waals surface area (Å²) in [6, 6.07) is 11.2. The van der Waals surface area contributed by atoms with Gasteiger partial charge in [-0.3, -0.25) is 9.13 Å². The van der Waals surface area contributed by atoms with Crippen molar-refractivity contribution in [3.63, 3.8) is 0 Å². The van der Waals surface area contributed by atoms with Crippen LogP contribution in [0.15, 0.2) is 78.7 Å². The van der Waals surface area contributed by atoms with Gasteiger partial charge in [0.25, 0.3) is 0 Å². The highest BCUT2D eigenvalue weighted by Gasteiger charge is 2.53. The molecule has 2 aliphatic heterocycles. The maximum absolute atomic E-state index is 12.9. The van der Waals surface area contributed by atoms with Crippen LogP contribution < -0.4 is 26.8 Å². The van der Waals surface area contributed by atoms with E-state index in [0.29, 0.717) is 22.3 Å². The van der Waals surface area contributed by atoms with Crippen LogP contribution in [0.1, 0.15) is 21.5 Å². The summed E-state index contributed by atoms with van der Waals surface area (Å²) in [5.41, 5.74) is 11.2. The Balaban J connectivity index is 1.86. The highest BCUT2D eigenvalue weighted by Crippen LogP contribution is 2.54. The normalized spacial score (nSPS) is 20.6. The Kier molecular flexibility index (Phi) is 6.93. The van der Waals surface area contributed by atoms with Gasteiger partial charge in [-0.25, -0.2) is 4.79 Å². The lowest BCUT2D eigenvalue weighted by Gasteiger charge is -2.37. The number of hydrogen-bond acceptors (Lipinski definition) is 9. The molecular formula is C22H24N4O9P2. The molecule has 0 radical (unpaired) electrons. The van der Waals surface area contributed by atoms with E-state index in [4.69, 9.17) is 20.9 Å². The average molecular weight is 550 g/mol. The fraction of sp³-hybridized carbons (Fsp3) is 0.136. The lowest BCUT2D eigenvalue weighted by atomic mass is 9.77. The van der Waals surface area contributed by atoms with Gasteiger partial charge in [-0.15, -0.1) is 0 Å². The Labute approximate surface area is 210 Å². The number of hydrogen-bond donors (Lipinski definition) is 8. The summed E-state index contributed by atoms with van der Waals surface area (Å²) in [5.74, 6) is -3.73. The van der Waals surface area contributed by atoms with Crippen LogP contribution in [0.5, 0.6) is 5.75 Å². The van der Waals surface area contributed by atoms with E-state index in [1.54, 1.807) is 30.3 Å². The van der Waals surface area contributed by atoms with Crippen molar-refractivity contribution in [1.29, 1.82) is 0 Å². The molecule has 2 aromatic rings. The molecule has 0 aromatic heterocycles. The molecule has 0 aliphatic carbocycles. The van der Waals surface area contributed by atoms with Crippen molar-refractivity contribution in [2.45, 2.75) is 17.4 Å². The molecule has 3 atom stereocenters. The monoisotopic (exact) mass is 550 g/mol. The van der Waals surface area contributed by atoms with Crippen LogP contribution >= 0.6 is 15.2 Å². The molecule has 2 aliphatic rings.